The van der Waals surface area contributed by atoms with Gasteiger partial charge in [0.05, 0.1) is 16.0 Å². The minimum atomic E-state index is -0.142. The lowest BCUT2D eigenvalue weighted by Gasteiger charge is -2.29. The van der Waals surface area contributed by atoms with Gasteiger partial charge in [0.25, 0.3) is 5.91 Å². The van der Waals surface area contributed by atoms with Crippen molar-refractivity contribution in [3.8, 4) is 0 Å². The molecular formula is C25H21N3O2S2. The predicted molar refractivity (Wildman–Crippen MR) is 132 cm³/mol. The Morgan fingerprint density at radius 1 is 1.03 bits per heavy atom. The quantitative estimate of drug-likeness (QED) is 0.394. The third-order valence-electron chi connectivity index (χ3n) is 5.39. The second kappa shape index (κ2) is 9.14. The molecule has 0 unspecified atom stereocenters. The second-order valence-corrected chi connectivity index (χ2v) is 9.80. The lowest BCUT2D eigenvalue weighted by molar-refractivity contribution is -0.116. The number of nitrogens with one attached hydrogen (secondary N) is 1. The molecule has 32 heavy (non-hydrogen) atoms. The van der Waals surface area contributed by atoms with Gasteiger partial charge in [0.15, 0.2) is 4.34 Å². The van der Waals surface area contributed by atoms with Crippen LogP contribution in [0.15, 0.2) is 77.1 Å². The van der Waals surface area contributed by atoms with Crippen molar-refractivity contribution in [1.82, 2.24) is 4.98 Å². The molecule has 160 valence electrons. The molecule has 5 rings (SSSR count). The van der Waals surface area contributed by atoms with Gasteiger partial charge in [-0.15, -0.1) is 11.3 Å². The lowest BCUT2D eigenvalue weighted by Crippen LogP contribution is -2.36. The van der Waals surface area contributed by atoms with E-state index in [0.717, 1.165) is 45.3 Å². The van der Waals surface area contributed by atoms with E-state index in [-0.39, 0.29) is 11.8 Å². The normalized spacial score (nSPS) is 13.1. The Balaban J connectivity index is 1.26. The van der Waals surface area contributed by atoms with Gasteiger partial charge in [0.1, 0.15) is 0 Å². The molecule has 1 aromatic heterocycles. The first-order valence-corrected chi connectivity index (χ1v) is 12.3. The number of aromatic nitrogens is 1. The molecule has 0 bridgehead atoms. The summed E-state index contributed by atoms with van der Waals surface area (Å²) in [6.07, 6.45) is 2.01. The van der Waals surface area contributed by atoms with Gasteiger partial charge in [-0.05, 0) is 54.8 Å². The van der Waals surface area contributed by atoms with Crippen LogP contribution < -0.4 is 10.2 Å². The van der Waals surface area contributed by atoms with Crippen molar-refractivity contribution in [2.45, 2.75) is 17.2 Å². The Labute approximate surface area is 194 Å². The third-order valence-corrected chi connectivity index (χ3v) is 7.54. The van der Waals surface area contributed by atoms with Gasteiger partial charge in [-0.25, -0.2) is 4.98 Å². The number of thioether (sulfide) groups is 1. The summed E-state index contributed by atoms with van der Waals surface area (Å²) in [5.41, 5.74) is 4.49. The number of carbonyl (C=O) groups excluding carboxylic acids is 2. The number of hydrogen-bond acceptors (Lipinski definition) is 5. The fraction of sp³-hybridized carbons (Fsp3) is 0.160. The maximum absolute atomic E-state index is 12.9. The minimum Gasteiger partial charge on any atom is -0.322 e. The van der Waals surface area contributed by atoms with Crippen molar-refractivity contribution in [2.24, 2.45) is 0 Å². The topological polar surface area (TPSA) is 62.3 Å². The molecule has 0 aliphatic carbocycles. The molecule has 0 saturated carbocycles. The van der Waals surface area contributed by atoms with Crippen LogP contribution in [0.3, 0.4) is 0 Å². The van der Waals surface area contributed by atoms with Gasteiger partial charge >= 0.3 is 0 Å². The molecule has 1 N–H and O–H groups in total. The highest BCUT2D eigenvalue weighted by molar-refractivity contribution is 8.01. The monoisotopic (exact) mass is 459 g/mol. The Hall–Kier alpha value is -3.16. The molecule has 2 amide bonds. The fourth-order valence-corrected chi connectivity index (χ4v) is 5.81. The highest BCUT2D eigenvalue weighted by Crippen LogP contribution is 2.33. The molecule has 5 nitrogen and oxygen atoms in total. The number of thiazole rings is 1. The Bertz CT molecular complexity index is 1290. The summed E-state index contributed by atoms with van der Waals surface area (Å²) in [6, 6.07) is 23.0. The fourth-order valence-electron chi connectivity index (χ4n) is 3.83. The standard InChI is InChI=1S/C25H21N3O2S2/c29-23(28-14-6-10-17-7-4-5-11-21(17)28)16-31-25-27-20-13-12-19(15-22(20)32-25)26-24(30)18-8-2-1-3-9-18/h1-5,7-9,11-13,15H,6,10,14,16H2,(H,26,30). The Morgan fingerprint density at radius 3 is 2.72 bits per heavy atom. The highest BCUT2D eigenvalue weighted by atomic mass is 32.2. The van der Waals surface area contributed by atoms with Crippen molar-refractivity contribution in [1.29, 1.82) is 0 Å². The second-order valence-electron chi connectivity index (χ2n) is 7.55. The molecular weight excluding hydrogens is 438 g/mol. The van der Waals surface area contributed by atoms with Crippen LogP contribution in [-0.4, -0.2) is 29.1 Å². The minimum absolute atomic E-state index is 0.109. The molecule has 1 aliphatic rings. The van der Waals surface area contributed by atoms with Crippen LogP contribution in [0, 0.1) is 0 Å². The van der Waals surface area contributed by atoms with Crippen molar-refractivity contribution in [3.05, 3.63) is 83.9 Å². The Morgan fingerprint density at radius 2 is 1.84 bits per heavy atom. The number of benzene rings is 3. The number of hydrogen-bond donors (Lipinski definition) is 1. The van der Waals surface area contributed by atoms with Gasteiger partial charge in [0.2, 0.25) is 5.91 Å². The summed E-state index contributed by atoms with van der Waals surface area (Å²) < 4.78 is 1.83. The number of rotatable bonds is 5. The van der Waals surface area contributed by atoms with Crippen LogP contribution in [0.25, 0.3) is 10.2 Å². The first-order chi connectivity index (χ1) is 15.7. The van der Waals surface area contributed by atoms with Crippen LogP contribution in [0.5, 0.6) is 0 Å². The number of nitrogens with zero attached hydrogens (tertiary/aromatic N) is 2. The molecule has 4 aromatic rings. The maximum Gasteiger partial charge on any atom is 0.255 e. The predicted octanol–water partition coefficient (Wildman–Crippen LogP) is 5.62. The number of para-hydroxylation sites is 1. The SMILES string of the molecule is O=C(Nc1ccc2nc(SCC(=O)N3CCCc4ccccc43)sc2c1)c1ccccc1. The number of fused-ring (bicyclic) bond motifs is 2. The molecule has 0 fully saturated rings. The average molecular weight is 460 g/mol. The van der Waals surface area contributed by atoms with E-state index in [1.807, 2.05) is 59.5 Å². The molecule has 7 heteroatoms. The lowest BCUT2D eigenvalue weighted by atomic mass is 10.0. The van der Waals surface area contributed by atoms with Gasteiger partial charge in [-0.1, -0.05) is 48.2 Å². The first kappa shape index (κ1) is 20.7. The smallest absolute Gasteiger partial charge is 0.255 e. The highest BCUT2D eigenvalue weighted by Gasteiger charge is 2.22. The van der Waals surface area contributed by atoms with E-state index in [4.69, 9.17) is 0 Å². The summed E-state index contributed by atoms with van der Waals surface area (Å²) in [4.78, 5) is 31.8. The van der Waals surface area contributed by atoms with E-state index in [1.54, 1.807) is 12.1 Å². The van der Waals surface area contributed by atoms with Crippen LogP contribution in [-0.2, 0) is 11.2 Å². The zero-order valence-corrected chi connectivity index (χ0v) is 18.9. The van der Waals surface area contributed by atoms with E-state index in [0.29, 0.717) is 11.3 Å². The zero-order valence-electron chi connectivity index (χ0n) is 17.3. The molecule has 3 aromatic carbocycles. The van der Waals surface area contributed by atoms with E-state index in [9.17, 15) is 9.59 Å². The maximum atomic E-state index is 12.9. The molecule has 1 aliphatic heterocycles. The van der Waals surface area contributed by atoms with Crippen molar-refractivity contribution < 1.29 is 9.59 Å². The Kier molecular flexibility index (Phi) is 5.92. The summed E-state index contributed by atoms with van der Waals surface area (Å²) in [5.74, 6) is 0.319. The molecule has 0 spiro atoms. The molecule has 2 heterocycles. The third kappa shape index (κ3) is 4.40. The largest absolute Gasteiger partial charge is 0.322 e. The van der Waals surface area contributed by atoms with E-state index >= 15 is 0 Å². The van der Waals surface area contributed by atoms with Crippen LogP contribution >= 0.6 is 23.1 Å². The summed E-state index contributed by atoms with van der Waals surface area (Å²) in [6.45, 7) is 0.765. The van der Waals surface area contributed by atoms with Crippen LogP contribution in [0.1, 0.15) is 22.3 Å². The average Bonchev–Trinajstić information content (AvgIpc) is 3.25. The summed E-state index contributed by atoms with van der Waals surface area (Å²) in [7, 11) is 0. The van der Waals surface area contributed by atoms with Gasteiger partial charge in [-0.2, -0.15) is 0 Å². The van der Waals surface area contributed by atoms with E-state index in [2.05, 4.69) is 16.4 Å². The molecule has 0 saturated heterocycles. The van der Waals surface area contributed by atoms with Gasteiger partial charge < -0.3 is 10.2 Å². The number of aryl methyl sites for hydroxylation is 1. The van der Waals surface area contributed by atoms with Crippen molar-refractivity contribution in [3.63, 3.8) is 0 Å². The van der Waals surface area contributed by atoms with Crippen molar-refractivity contribution in [2.75, 3.05) is 22.5 Å². The number of amides is 2. The van der Waals surface area contributed by atoms with E-state index < -0.39 is 0 Å². The van der Waals surface area contributed by atoms with Gasteiger partial charge in [0, 0.05) is 23.5 Å². The van der Waals surface area contributed by atoms with Crippen LogP contribution in [0.4, 0.5) is 11.4 Å². The molecule has 0 atom stereocenters. The number of anilines is 2. The number of carbonyl (C=O) groups is 2. The zero-order chi connectivity index (χ0) is 21.9. The van der Waals surface area contributed by atoms with Crippen LogP contribution in [0.2, 0.25) is 0 Å². The molecule has 0 radical (unpaired) electrons. The van der Waals surface area contributed by atoms with Crippen molar-refractivity contribution >= 4 is 56.5 Å². The van der Waals surface area contributed by atoms with Gasteiger partial charge in [-0.3, -0.25) is 9.59 Å². The summed E-state index contributed by atoms with van der Waals surface area (Å²) >= 11 is 3.01. The van der Waals surface area contributed by atoms with E-state index in [1.165, 1.54) is 28.7 Å². The first-order valence-electron chi connectivity index (χ1n) is 10.5. The summed E-state index contributed by atoms with van der Waals surface area (Å²) in [5, 5.41) is 2.93.